The van der Waals surface area contributed by atoms with Crippen LogP contribution >= 0.6 is 0 Å². The van der Waals surface area contributed by atoms with Gasteiger partial charge in [-0.1, -0.05) is 20.8 Å². The molecule has 0 aliphatic carbocycles. The Kier molecular flexibility index (Phi) is 3.07. The minimum absolute atomic E-state index is 0.387. The fraction of sp³-hybridized carbons (Fsp3) is 0.600. The molecule has 3 heterocycles. The third-order valence-electron chi connectivity index (χ3n) is 4.39. The number of nitrogens with zero attached hydrogens (tertiary/aromatic N) is 4. The number of aromatic nitrogens is 3. The van der Waals surface area contributed by atoms with Crippen molar-refractivity contribution in [1.82, 2.24) is 14.4 Å². The van der Waals surface area contributed by atoms with Crippen LogP contribution in [-0.2, 0) is 0 Å². The summed E-state index contributed by atoms with van der Waals surface area (Å²) in [6.45, 7) is 9.05. The van der Waals surface area contributed by atoms with E-state index in [4.69, 9.17) is 5.73 Å². The van der Waals surface area contributed by atoms with Crippen molar-refractivity contribution >= 4 is 17.3 Å². The number of nitrogens with two attached hydrogens (primary N) is 1. The van der Waals surface area contributed by atoms with E-state index in [0.29, 0.717) is 11.2 Å². The topological polar surface area (TPSA) is 59.5 Å². The lowest BCUT2D eigenvalue weighted by atomic mass is 9.75. The lowest BCUT2D eigenvalue weighted by Gasteiger charge is -2.39. The van der Waals surface area contributed by atoms with Crippen LogP contribution in [0.15, 0.2) is 18.6 Å². The Balaban J connectivity index is 1.85. The molecule has 5 nitrogen and oxygen atoms in total. The first-order valence-electron chi connectivity index (χ1n) is 7.29. The van der Waals surface area contributed by atoms with Crippen molar-refractivity contribution in [1.29, 1.82) is 0 Å². The van der Waals surface area contributed by atoms with Crippen LogP contribution in [-0.4, -0.2) is 27.5 Å². The fourth-order valence-corrected chi connectivity index (χ4v) is 3.10. The van der Waals surface area contributed by atoms with E-state index in [1.807, 2.05) is 16.8 Å². The largest absolute Gasteiger partial charge is 0.382 e. The van der Waals surface area contributed by atoms with Gasteiger partial charge in [0.15, 0.2) is 11.5 Å². The Labute approximate surface area is 119 Å². The van der Waals surface area contributed by atoms with E-state index in [2.05, 4.69) is 35.6 Å². The maximum absolute atomic E-state index is 5.90. The monoisotopic (exact) mass is 273 g/mol. The molecular formula is C15H23N5. The molecule has 1 saturated heterocycles. The Hall–Kier alpha value is -1.78. The highest BCUT2D eigenvalue weighted by molar-refractivity contribution is 5.66. The highest BCUT2D eigenvalue weighted by Gasteiger charge is 2.30. The van der Waals surface area contributed by atoms with Gasteiger partial charge >= 0.3 is 0 Å². The van der Waals surface area contributed by atoms with Crippen LogP contribution < -0.4 is 10.6 Å². The number of imidazole rings is 1. The van der Waals surface area contributed by atoms with E-state index in [9.17, 15) is 0 Å². The second kappa shape index (κ2) is 4.65. The highest BCUT2D eigenvalue weighted by Crippen LogP contribution is 2.35. The van der Waals surface area contributed by atoms with Crippen molar-refractivity contribution in [2.45, 2.75) is 33.6 Å². The molecular weight excluding hydrogens is 250 g/mol. The van der Waals surface area contributed by atoms with E-state index < -0.39 is 0 Å². The zero-order valence-electron chi connectivity index (χ0n) is 12.5. The van der Waals surface area contributed by atoms with Crippen LogP contribution in [0.1, 0.15) is 33.6 Å². The van der Waals surface area contributed by atoms with Crippen molar-refractivity contribution in [2.24, 2.45) is 11.3 Å². The summed E-state index contributed by atoms with van der Waals surface area (Å²) in [4.78, 5) is 11.2. The van der Waals surface area contributed by atoms with E-state index in [0.717, 1.165) is 30.5 Å². The van der Waals surface area contributed by atoms with Crippen molar-refractivity contribution < 1.29 is 0 Å². The van der Waals surface area contributed by atoms with E-state index >= 15 is 0 Å². The number of rotatable bonds is 1. The van der Waals surface area contributed by atoms with E-state index in [-0.39, 0.29) is 0 Å². The summed E-state index contributed by atoms with van der Waals surface area (Å²) < 4.78 is 1.95. The Morgan fingerprint density at radius 1 is 1.25 bits per heavy atom. The van der Waals surface area contributed by atoms with Gasteiger partial charge in [0.05, 0.1) is 6.20 Å². The van der Waals surface area contributed by atoms with Gasteiger partial charge in [0.1, 0.15) is 5.82 Å². The van der Waals surface area contributed by atoms with Crippen molar-refractivity contribution in [3.05, 3.63) is 18.6 Å². The molecule has 0 aromatic carbocycles. The first-order chi connectivity index (χ1) is 9.45. The van der Waals surface area contributed by atoms with Crippen LogP contribution in [0.25, 0.3) is 5.65 Å². The number of nitrogen functional groups attached to an aromatic ring is 1. The van der Waals surface area contributed by atoms with E-state index in [1.54, 1.807) is 6.20 Å². The quantitative estimate of drug-likeness (QED) is 0.867. The number of hydrogen-bond acceptors (Lipinski definition) is 4. The molecule has 0 bridgehead atoms. The smallest absolute Gasteiger partial charge is 0.180 e. The molecule has 3 rings (SSSR count). The predicted molar refractivity (Wildman–Crippen MR) is 81.8 cm³/mol. The summed E-state index contributed by atoms with van der Waals surface area (Å²) in [7, 11) is 0. The van der Waals surface area contributed by atoms with Gasteiger partial charge in [-0.2, -0.15) is 0 Å². The molecule has 1 aliphatic heterocycles. The second-order valence-corrected chi connectivity index (χ2v) is 6.77. The summed E-state index contributed by atoms with van der Waals surface area (Å²) in [5, 5.41) is 0. The third kappa shape index (κ3) is 2.32. The molecule has 1 fully saturated rings. The molecule has 20 heavy (non-hydrogen) atoms. The normalized spacial score (nSPS) is 17.9. The summed E-state index contributed by atoms with van der Waals surface area (Å²) in [6.07, 6.45) is 7.92. The second-order valence-electron chi connectivity index (χ2n) is 6.77. The van der Waals surface area contributed by atoms with Gasteiger partial charge in [-0.25, -0.2) is 9.97 Å². The van der Waals surface area contributed by atoms with Crippen LogP contribution in [0, 0.1) is 11.3 Å². The zero-order valence-corrected chi connectivity index (χ0v) is 12.5. The lowest BCUT2D eigenvalue weighted by molar-refractivity contribution is 0.199. The molecule has 0 amide bonds. The Morgan fingerprint density at radius 2 is 1.95 bits per heavy atom. The standard InChI is InChI=1S/C15H23N5/c1-15(2,3)11-4-7-19(8-5-11)14-13-17-6-9-20(13)10-12(16)18-14/h6,9-11H,4-5,7-8,16H2,1-3H3. The third-order valence-corrected chi connectivity index (χ3v) is 4.39. The maximum Gasteiger partial charge on any atom is 0.180 e. The summed E-state index contributed by atoms with van der Waals surface area (Å²) in [6, 6.07) is 0. The summed E-state index contributed by atoms with van der Waals surface area (Å²) in [5.41, 5.74) is 7.18. The molecule has 5 heteroatoms. The van der Waals surface area contributed by atoms with Gasteiger partial charge < -0.3 is 15.0 Å². The van der Waals surface area contributed by atoms with Gasteiger partial charge in [-0.05, 0) is 24.2 Å². The Bertz CT molecular complexity index is 602. The SMILES string of the molecule is CC(C)(C)C1CCN(c2nc(N)cn3ccnc23)CC1. The molecule has 2 aromatic rings. The van der Waals surface area contributed by atoms with Gasteiger partial charge in [-0.15, -0.1) is 0 Å². The van der Waals surface area contributed by atoms with Crippen LogP contribution in [0.5, 0.6) is 0 Å². The molecule has 0 radical (unpaired) electrons. The number of anilines is 2. The molecule has 0 saturated carbocycles. The van der Waals surface area contributed by atoms with Crippen molar-refractivity contribution in [3.8, 4) is 0 Å². The predicted octanol–water partition coefficient (Wildman–Crippen LogP) is 2.57. The van der Waals surface area contributed by atoms with Crippen molar-refractivity contribution in [2.75, 3.05) is 23.7 Å². The summed E-state index contributed by atoms with van der Waals surface area (Å²) in [5.74, 6) is 2.24. The molecule has 0 atom stereocenters. The van der Waals surface area contributed by atoms with E-state index in [1.165, 1.54) is 12.8 Å². The Morgan fingerprint density at radius 3 is 2.60 bits per heavy atom. The molecule has 2 N–H and O–H groups in total. The highest BCUT2D eigenvalue weighted by atomic mass is 15.2. The first-order valence-corrected chi connectivity index (χ1v) is 7.29. The number of piperidine rings is 1. The molecule has 1 aliphatic rings. The summed E-state index contributed by atoms with van der Waals surface area (Å²) >= 11 is 0. The van der Waals surface area contributed by atoms with Crippen LogP contribution in [0.3, 0.4) is 0 Å². The first kappa shape index (κ1) is 13.2. The molecule has 0 spiro atoms. The number of hydrogen-bond donors (Lipinski definition) is 1. The van der Waals surface area contributed by atoms with Crippen LogP contribution in [0.4, 0.5) is 11.6 Å². The minimum atomic E-state index is 0.387. The molecule has 0 unspecified atom stereocenters. The van der Waals surface area contributed by atoms with Crippen LogP contribution in [0.2, 0.25) is 0 Å². The zero-order chi connectivity index (χ0) is 14.3. The minimum Gasteiger partial charge on any atom is -0.382 e. The average molecular weight is 273 g/mol. The molecule has 2 aromatic heterocycles. The van der Waals surface area contributed by atoms with Gasteiger partial charge in [-0.3, -0.25) is 0 Å². The fourth-order valence-electron chi connectivity index (χ4n) is 3.10. The lowest BCUT2D eigenvalue weighted by Crippen LogP contribution is -2.38. The maximum atomic E-state index is 5.90. The van der Waals surface area contributed by atoms with Gasteiger partial charge in [0, 0.05) is 25.5 Å². The van der Waals surface area contributed by atoms with Gasteiger partial charge in [0.2, 0.25) is 0 Å². The van der Waals surface area contributed by atoms with Gasteiger partial charge in [0.25, 0.3) is 0 Å². The molecule has 108 valence electrons. The average Bonchev–Trinajstić information content (AvgIpc) is 2.85. The number of fused-ring (bicyclic) bond motifs is 1. The van der Waals surface area contributed by atoms with Crippen molar-refractivity contribution in [3.63, 3.8) is 0 Å².